The van der Waals surface area contributed by atoms with E-state index >= 15 is 0 Å². The van der Waals surface area contributed by atoms with E-state index in [0.29, 0.717) is 16.9 Å². The molecule has 0 atom stereocenters. The van der Waals surface area contributed by atoms with E-state index in [4.69, 9.17) is 0 Å². The van der Waals surface area contributed by atoms with Crippen molar-refractivity contribution in [3.8, 4) is 11.3 Å². The van der Waals surface area contributed by atoms with Gasteiger partial charge >= 0.3 is 0 Å². The first-order valence-corrected chi connectivity index (χ1v) is 10.8. The molecule has 0 aliphatic rings. The molecule has 0 bridgehead atoms. The predicted octanol–water partition coefficient (Wildman–Crippen LogP) is 3.27. The van der Waals surface area contributed by atoms with Gasteiger partial charge in [0.05, 0.1) is 15.6 Å². The van der Waals surface area contributed by atoms with Crippen molar-refractivity contribution < 1.29 is 13.2 Å². The van der Waals surface area contributed by atoms with Crippen LogP contribution in [0.3, 0.4) is 0 Å². The fourth-order valence-electron chi connectivity index (χ4n) is 2.77. The summed E-state index contributed by atoms with van der Waals surface area (Å²) in [7, 11) is 1.14. The molecule has 0 saturated carbocycles. The molecular formula is C19H22N4O3S2. The van der Waals surface area contributed by atoms with Crippen LogP contribution in [0.25, 0.3) is 11.3 Å². The number of sulfonamides is 1. The van der Waals surface area contributed by atoms with E-state index in [1.807, 2.05) is 18.5 Å². The molecule has 2 heterocycles. The molecule has 9 heteroatoms. The van der Waals surface area contributed by atoms with Crippen molar-refractivity contribution in [2.45, 2.75) is 18.7 Å². The van der Waals surface area contributed by atoms with Gasteiger partial charge in [-0.1, -0.05) is 6.07 Å². The Morgan fingerprint density at radius 1 is 1.21 bits per heavy atom. The van der Waals surface area contributed by atoms with E-state index in [-0.39, 0.29) is 10.8 Å². The summed E-state index contributed by atoms with van der Waals surface area (Å²) in [4.78, 5) is 17.4. The summed E-state index contributed by atoms with van der Waals surface area (Å²) in [6.07, 6.45) is 1.85. The topological polar surface area (TPSA) is 84.3 Å². The molecule has 0 saturated heterocycles. The molecule has 0 aliphatic carbocycles. The van der Waals surface area contributed by atoms with Crippen LogP contribution in [0.15, 0.2) is 40.7 Å². The van der Waals surface area contributed by atoms with E-state index < -0.39 is 10.0 Å². The minimum absolute atomic E-state index is 0.167. The maximum Gasteiger partial charge on any atom is 0.272 e. The van der Waals surface area contributed by atoms with Crippen LogP contribution < -0.4 is 5.32 Å². The average molecular weight is 419 g/mol. The smallest absolute Gasteiger partial charge is 0.272 e. The molecule has 3 aromatic rings. The van der Waals surface area contributed by atoms with Crippen LogP contribution in [0.5, 0.6) is 0 Å². The second kappa shape index (κ2) is 7.50. The fraction of sp³-hybridized carbons (Fsp3) is 0.263. The number of anilines is 1. The maximum absolute atomic E-state index is 12.8. The molecular weight excluding hydrogens is 396 g/mol. The summed E-state index contributed by atoms with van der Waals surface area (Å²) < 4.78 is 27.8. The molecule has 148 valence electrons. The van der Waals surface area contributed by atoms with Gasteiger partial charge in [0.25, 0.3) is 5.91 Å². The summed E-state index contributed by atoms with van der Waals surface area (Å²) in [6, 6.07) is 6.63. The van der Waals surface area contributed by atoms with Gasteiger partial charge in [0, 0.05) is 44.0 Å². The van der Waals surface area contributed by atoms with Crippen LogP contribution in [-0.4, -0.2) is 42.3 Å². The van der Waals surface area contributed by atoms with Gasteiger partial charge < -0.3 is 9.88 Å². The third-order valence-electron chi connectivity index (χ3n) is 4.36. The average Bonchev–Trinajstić information content (AvgIpc) is 3.22. The number of nitrogens with zero attached hydrogens (tertiary/aromatic N) is 3. The Kier molecular flexibility index (Phi) is 5.42. The van der Waals surface area contributed by atoms with Crippen LogP contribution in [0.2, 0.25) is 0 Å². The second-order valence-corrected chi connectivity index (χ2v) is 9.88. The highest BCUT2D eigenvalue weighted by atomic mass is 32.2. The lowest BCUT2D eigenvalue weighted by Gasteiger charge is -2.15. The van der Waals surface area contributed by atoms with Crippen molar-refractivity contribution in [1.82, 2.24) is 13.9 Å². The molecule has 0 aliphatic heterocycles. The SMILES string of the molecule is Cc1nc(-c2cc(C(=O)Nc3ccc(C)c(S(=O)(=O)N(C)C)c3)n(C)c2)cs1. The normalized spacial score (nSPS) is 11.8. The highest BCUT2D eigenvalue weighted by molar-refractivity contribution is 7.89. The lowest BCUT2D eigenvalue weighted by atomic mass is 10.2. The van der Waals surface area contributed by atoms with Crippen LogP contribution in [-0.2, 0) is 17.1 Å². The Bertz CT molecular complexity index is 1140. The van der Waals surface area contributed by atoms with Crippen LogP contribution in [0.1, 0.15) is 21.1 Å². The molecule has 0 radical (unpaired) electrons. The van der Waals surface area contributed by atoms with E-state index in [9.17, 15) is 13.2 Å². The molecule has 1 N–H and O–H groups in total. The number of thiazole rings is 1. The Balaban J connectivity index is 1.89. The van der Waals surface area contributed by atoms with Crippen molar-refractivity contribution in [2.75, 3.05) is 19.4 Å². The number of hydrogen-bond acceptors (Lipinski definition) is 5. The summed E-state index contributed by atoms with van der Waals surface area (Å²) in [5.41, 5.74) is 3.18. The predicted molar refractivity (Wildman–Crippen MR) is 111 cm³/mol. The van der Waals surface area contributed by atoms with Crippen molar-refractivity contribution in [2.24, 2.45) is 7.05 Å². The van der Waals surface area contributed by atoms with Gasteiger partial charge in [-0.2, -0.15) is 0 Å². The lowest BCUT2D eigenvalue weighted by molar-refractivity contribution is 0.101. The zero-order chi connectivity index (χ0) is 20.6. The van der Waals surface area contributed by atoms with Gasteiger partial charge in [0.1, 0.15) is 5.69 Å². The third-order valence-corrected chi connectivity index (χ3v) is 7.09. The first-order valence-electron chi connectivity index (χ1n) is 8.53. The van der Waals surface area contributed by atoms with E-state index in [0.717, 1.165) is 20.6 Å². The van der Waals surface area contributed by atoms with Crippen LogP contribution in [0, 0.1) is 13.8 Å². The summed E-state index contributed by atoms with van der Waals surface area (Å²) in [6.45, 7) is 3.66. The first kappa shape index (κ1) is 20.2. The van der Waals surface area contributed by atoms with E-state index in [1.165, 1.54) is 20.2 Å². The van der Waals surface area contributed by atoms with Crippen molar-refractivity contribution in [1.29, 1.82) is 0 Å². The number of carbonyl (C=O) groups excluding carboxylic acids is 1. The molecule has 1 aromatic carbocycles. The second-order valence-electron chi connectivity index (χ2n) is 6.70. The number of aromatic nitrogens is 2. The number of rotatable bonds is 5. The Labute approximate surface area is 168 Å². The molecule has 3 rings (SSSR count). The molecule has 2 aromatic heterocycles. The van der Waals surface area contributed by atoms with Gasteiger partial charge in [-0.15, -0.1) is 11.3 Å². The Morgan fingerprint density at radius 2 is 1.93 bits per heavy atom. The van der Waals surface area contributed by atoms with Gasteiger partial charge in [0.2, 0.25) is 10.0 Å². The van der Waals surface area contributed by atoms with E-state index in [1.54, 1.807) is 48.1 Å². The van der Waals surface area contributed by atoms with Gasteiger partial charge in [-0.25, -0.2) is 17.7 Å². The maximum atomic E-state index is 12.8. The largest absolute Gasteiger partial charge is 0.346 e. The van der Waals surface area contributed by atoms with Gasteiger partial charge in [0.15, 0.2) is 0 Å². The third kappa shape index (κ3) is 3.87. The molecule has 7 nitrogen and oxygen atoms in total. The summed E-state index contributed by atoms with van der Waals surface area (Å²) in [5, 5.41) is 5.69. The minimum Gasteiger partial charge on any atom is -0.346 e. The standard InChI is InChI=1S/C19H22N4O3S2/c1-12-6-7-15(9-18(12)28(25,26)22(3)4)21-19(24)17-8-14(10-23(17)5)16-11-27-13(2)20-16/h6-11H,1-5H3,(H,21,24). The van der Waals surface area contributed by atoms with Crippen LogP contribution >= 0.6 is 11.3 Å². The number of carbonyl (C=O) groups is 1. The van der Waals surface area contributed by atoms with Gasteiger partial charge in [-0.3, -0.25) is 4.79 Å². The first-order chi connectivity index (χ1) is 13.1. The van der Waals surface area contributed by atoms with Crippen molar-refractivity contribution in [3.63, 3.8) is 0 Å². The Morgan fingerprint density at radius 3 is 2.54 bits per heavy atom. The number of nitrogens with one attached hydrogen (secondary N) is 1. The number of hydrogen-bond donors (Lipinski definition) is 1. The van der Waals surface area contributed by atoms with Crippen molar-refractivity contribution >= 4 is 33.0 Å². The number of benzene rings is 1. The molecule has 0 spiro atoms. The van der Waals surface area contributed by atoms with Crippen LogP contribution in [0.4, 0.5) is 5.69 Å². The van der Waals surface area contributed by atoms with E-state index in [2.05, 4.69) is 10.3 Å². The molecule has 1 amide bonds. The molecule has 0 fully saturated rings. The quantitative estimate of drug-likeness (QED) is 0.689. The highest BCUT2D eigenvalue weighted by Crippen LogP contribution is 2.25. The van der Waals surface area contributed by atoms with Gasteiger partial charge in [-0.05, 0) is 37.6 Å². The summed E-state index contributed by atoms with van der Waals surface area (Å²) in [5.74, 6) is -0.322. The highest BCUT2D eigenvalue weighted by Gasteiger charge is 2.21. The van der Waals surface area contributed by atoms with Crippen molar-refractivity contribution in [3.05, 3.63) is 52.1 Å². The molecule has 28 heavy (non-hydrogen) atoms. The summed E-state index contributed by atoms with van der Waals surface area (Å²) >= 11 is 1.55. The lowest BCUT2D eigenvalue weighted by Crippen LogP contribution is -2.23. The number of amides is 1. The fourth-order valence-corrected chi connectivity index (χ4v) is 4.54. The minimum atomic E-state index is -3.60. The zero-order valence-electron chi connectivity index (χ0n) is 16.3. The molecule has 0 unspecified atom stereocenters. The number of aryl methyl sites for hydroxylation is 3. The Hall–Kier alpha value is -2.49. The zero-order valence-corrected chi connectivity index (χ0v) is 18.0. The monoisotopic (exact) mass is 418 g/mol.